The zero-order valence-electron chi connectivity index (χ0n) is 10.4. The molecule has 5 nitrogen and oxygen atoms in total. The van der Waals surface area contributed by atoms with Crippen molar-refractivity contribution in [3.05, 3.63) is 33.2 Å². The fraction of sp³-hybridized carbons (Fsp3) is 0.500. The first-order chi connectivity index (χ1) is 8.43. The van der Waals surface area contributed by atoms with Crippen LogP contribution in [0, 0.1) is 5.92 Å². The first kappa shape index (κ1) is 14.9. The monoisotopic (exact) mass is 316 g/mol. The fourth-order valence-electron chi connectivity index (χ4n) is 1.38. The number of aliphatic hydroxyl groups excluding tert-OH is 1. The summed E-state index contributed by atoms with van der Waals surface area (Å²) in [6.07, 6.45) is 1.57. The van der Waals surface area contributed by atoms with E-state index in [4.69, 9.17) is 5.11 Å². The first-order valence-electron chi connectivity index (χ1n) is 5.70. The average Bonchev–Trinajstić information content (AvgIpc) is 2.32. The van der Waals surface area contributed by atoms with Gasteiger partial charge in [-0.15, -0.1) is 0 Å². The Balaban J connectivity index is 2.65. The molecule has 18 heavy (non-hydrogen) atoms. The van der Waals surface area contributed by atoms with E-state index in [1.54, 1.807) is 12.3 Å². The van der Waals surface area contributed by atoms with Crippen molar-refractivity contribution < 1.29 is 9.90 Å². The van der Waals surface area contributed by atoms with Crippen LogP contribution in [-0.2, 0) is 11.3 Å². The first-order valence-corrected chi connectivity index (χ1v) is 6.49. The van der Waals surface area contributed by atoms with Crippen molar-refractivity contribution in [2.45, 2.75) is 26.4 Å². The maximum atomic E-state index is 11.7. The van der Waals surface area contributed by atoms with Gasteiger partial charge in [0, 0.05) is 29.4 Å². The Kier molecular flexibility index (Phi) is 5.55. The third-order valence-corrected chi connectivity index (χ3v) is 3.26. The molecule has 0 aliphatic rings. The van der Waals surface area contributed by atoms with Crippen molar-refractivity contribution in [3.63, 3.8) is 0 Å². The van der Waals surface area contributed by atoms with E-state index in [-0.39, 0.29) is 36.6 Å². The minimum absolute atomic E-state index is 0.0122. The van der Waals surface area contributed by atoms with E-state index in [1.165, 1.54) is 10.6 Å². The molecule has 1 rings (SSSR count). The number of hydrogen-bond acceptors (Lipinski definition) is 3. The SMILES string of the molecule is CC(CO)C(C)NC(=O)Cn1cc(Br)ccc1=O. The number of pyridine rings is 1. The van der Waals surface area contributed by atoms with Crippen LogP contribution in [0.3, 0.4) is 0 Å². The van der Waals surface area contributed by atoms with E-state index in [0.717, 1.165) is 4.47 Å². The molecule has 1 amide bonds. The van der Waals surface area contributed by atoms with Crippen LogP contribution in [0.5, 0.6) is 0 Å². The Morgan fingerprint density at radius 3 is 2.78 bits per heavy atom. The second kappa shape index (κ2) is 6.70. The van der Waals surface area contributed by atoms with E-state index >= 15 is 0 Å². The Bertz CT molecular complexity index is 473. The molecule has 1 heterocycles. The summed E-state index contributed by atoms with van der Waals surface area (Å²) in [7, 11) is 0. The zero-order chi connectivity index (χ0) is 13.7. The molecule has 2 unspecified atom stereocenters. The highest BCUT2D eigenvalue weighted by molar-refractivity contribution is 9.10. The summed E-state index contributed by atoms with van der Waals surface area (Å²) in [6.45, 7) is 3.65. The normalized spacial score (nSPS) is 14.0. The van der Waals surface area contributed by atoms with Crippen LogP contribution in [0.1, 0.15) is 13.8 Å². The van der Waals surface area contributed by atoms with Gasteiger partial charge in [0.15, 0.2) is 0 Å². The minimum atomic E-state index is -0.247. The molecule has 0 aliphatic heterocycles. The molecular weight excluding hydrogens is 300 g/mol. The molecule has 0 bridgehead atoms. The molecular formula is C12H17BrN2O3. The van der Waals surface area contributed by atoms with Crippen LogP contribution in [-0.4, -0.2) is 28.2 Å². The standard InChI is InChI=1S/C12H17BrN2O3/c1-8(7-16)9(2)14-11(17)6-15-5-10(13)3-4-12(15)18/h3-5,8-9,16H,6-7H2,1-2H3,(H,14,17). The summed E-state index contributed by atoms with van der Waals surface area (Å²) in [5.41, 5.74) is -0.226. The van der Waals surface area contributed by atoms with Crippen LogP contribution in [0.2, 0.25) is 0 Å². The maximum absolute atomic E-state index is 11.7. The summed E-state index contributed by atoms with van der Waals surface area (Å²) in [4.78, 5) is 23.2. The number of rotatable bonds is 5. The molecule has 2 N–H and O–H groups in total. The van der Waals surface area contributed by atoms with Gasteiger partial charge in [0.25, 0.3) is 5.56 Å². The van der Waals surface area contributed by atoms with E-state index in [1.807, 2.05) is 13.8 Å². The minimum Gasteiger partial charge on any atom is -0.396 e. The number of carbonyl (C=O) groups excluding carboxylic acids is 1. The van der Waals surface area contributed by atoms with Crippen LogP contribution in [0.25, 0.3) is 0 Å². The van der Waals surface area contributed by atoms with Gasteiger partial charge >= 0.3 is 0 Å². The Hall–Kier alpha value is -1.14. The number of amides is 1. The van der Waals surface area contributed by atoms with Crippen molar-refractivity contribution in [1.82, 2.24) is 9.88 Å². The highest BCUT2D eigenvalue weighted by Gasteiger charge is 2.14. The number of halogens is 1. The predicted octanol–water partition coefficient (Wildman–Crippen LogP) is 0.744. The second-order valence-corrected chi connectivity index (χ2v) is 5.25. The van der Waals surface area contributed by atoms with Crippen molar-refractivity contribution in [1.29, 1.82) is 0 Å². The Labute approximate surface area is 114 Å². The van der Waals surface area contributed by atoms with E-state index in [0.29, 0.717) is 0 Å². The number of aliphatic hydroxyl groups is 1. The number of nitrogens with one attached hydrogen (secondary N) is 1. The average molecular weight is 317 g/mol. The molecule has 1 aromatic heterocycles. The van der Waals surface area contributed by atoms with Crippen LogP contribution < -0.4 is 10.9 Å². The fourth-order valence-corrected chi connectivity index (χ4v) is 1.76. The topological polar surface area (TPSA) is 71.3 Å². The molecule has 0 radical (unpaired) electrons. The number of aromatic nitrogens is 1. The molecule has 6 heteroatoms. The van der Waals surface area contributed by atoms with E-state index in [2.05, 4.69) is 21.2 Å². The van der Waals surface area contributed by atoms with Crippen molar-refractivity contribution in [2.24, 2.45) is 5.92 Å². The van der Waals surface area contributed by atoms with Crippen molar-refractivity contribution in [3.8, 4) is 0 Å². The summed E-state index contributed by atoms with van der Waals surface area (Å²) < 4.78 is 2.07. The lowest BCUT2D eigenvalue weighted by Gasteiger charge is -2.19. The Morgan fingerprint density at radius 2 is 2.17 bits per heavy atom. The summed E-state index contributed by atoms with van der Waals surface area (Å²) in [5, 5.41) is 11.7. The number of nitrogens with zero attached hydrogens (tertiary/aromatic N) is 1. The third-order valence-electron chi connectivity index (χ3n) is 2.79. The predicted molar refractivity (Wildman–Crippen MR) is 72.3 cm³/mol. The molecule has 0 aliphatic carbocycles. The van der Waals surface area contributed by atoms with Gasteiger partial charge in [-0.3, -0.25) is 9.59 Å². The largest absolute Gasteiger partial charge is 0.396 e. The van der Waals surface area contributed by atoms with Crippen LogP contribution >= 0.6 is 15.9 Å². The number of hydrogen-bond donors (Lipinski definition) is 2. The second-order valence-electron chi connectivity index (χ2n) is 4.33. The summed E-state index contributed by atoms with van der Waals surface area (Å²) >= 11 is 3.25. The highest BCUT2D eigenvalue weighted by Crippen LogP contribution is 2.05. The van der Waals surface area contributed by atoms with Gasteiger partial charge in [0.2, 0.25) is 5.91 Å². The molecule has 0 saturated carbocycles. The van der Waals surface area contributed by atoms with Gasteiger partial charge in [0.05, 0.1) is 0 Å². The van der Waals surface area contributed by atoms with Gasteiger partial charge in [-0.2, -0.15) is 0 Å². The molecule has 2 atom stereocenters. The molecule has 0 fully saturated rings. The van der Waals surface area contributed by atoms with Crippen molar-refractivity contribution >= 4 is 21.8 Å². The highest BCUT2D eigenvalue weighted by atomic mass is 79.9. The molecule has 1 aromatic rings. The van der Waals surface area contributed by atoms with Gasteiger partial charge in [0.1, 0.15) is 6.54 Å². The quantitative estimate of drug-likeness (QED) is 0.842. The van der Waals surface area contributed by atoms with Crippen LogP contribution in [0.15, 0.2) is 27.6 Å². The number of carbonyl (C=O) groups is 1. The van der Waals surface area contributed by atoms with Crippen LogP contribution in [0.4, 0.5) is 0 Å². The third kappa shape index (κ3) is 4.27. The smallest absolute Gasteiger partial charge is 0.251 e. The molecule has 100 valence electrons. The molecule has 0 spiro atoms. The van der Waals surface area contributed by atoms with Gasteiger partial charge in [-0.1, -0.05) is 6.92 Å². The summed E-state index contributed by atoms with van der Waals surface area (Å²) in [5.74, 6) is -0.267. The molecule has 0 saturated heterocycles. The summed E-state index contributed by atoms with van der Waals surface area (Å²) in [6, 6.07) is 2.90. The van der Waals surface area contributed by atoms with Gasteiger partial charge < -0.3 is 15.0 Å². The lowest BCUT2D eigenvalue weighted by Crippen LogP contribution is -2.41. The zero-order valence-corrected chi connectivity index (χ0v) is 12.0. The van der Waals surface area contributed by atoms with Gasteiger partial charge in [-0.25, -0.2) is 0 Å². The lowest BCUT2D eigenvalue weighted by molar-refractivity contribution is -0.122. The van der Waals surface area contributed by atoms with Gasteiger partial charge in [-0.05, 0) is 34.8 Å². The van der Waals surface area contributed by atoms with E-state index < -0.39 is 0 Å². The maximum Gasteiger partial charge on any atom is 0.251 e. The lowest BCUT2D eigenvalue weighted by atomic mass is 10.1. The van der Waals surface area contributed by atoms with Crippen molar-refractivity contribution in [2.75, 3.05) is 6.61 Å². The van der Waals surface area contributed by atoms with E-state index in [9.17, 15) is 9.59 Å². The Morgan fingerprint density at radius 1 is 1.50 bits per heavy atom. The molecule has 0 aromatic carbocycles.